The fourth-order valence-corrected chi connectivity index (χ4v) is 11.5. The molecule has 10 rings (SSSR count). The number of likely N-dealkylation sites (N-methyl/N-ethyl adjacent to an activating group) is 1. The monoisotopic (exact) mass is 799 g/mol. The molecule has 2 aromatic carbocycles. The van der Waals surface area contributed by atoms with Gasteiger partial charge < -0.3 is 44.9 Å². The Morgan fingerprint density at radius 3 is 1.93 bits per heavy atom. The maximum absolute atomic E-state index is 12.6. The second-order valence-electron chi connectivity index (χ2n) is 17.0. The number of hydrogen-bond donors (Lipinski definition) is 5. The lowest BCUT2D eigenvalue weighted by Gasteiger charge is -2.62. The lowest BCUT2D eigenvalue weighted by molar-refractivity contribution is -0.187. The van der Waals surface area contributed by atoms with Crippen molar-refractivity contribution in [1.82, 2.24) is 15.1 Å². The van der Waals surface area contributed by atoms with Crippen LogP contribution in [0.2, 0.25) is 0 Å². The summed E-state index contributed by atoms with van der Waals surface area (Å²) in [6.45, 7) is 15.7. The lowest BCUT2D eigenvalue weighted by Crippen LogP contribution is -2.76. The van der Waals surface area contributed by atoms with Crippen molar-refractivity contribution in [1.29, 1.82) is 0 Å². The number of esters is 1. The first-order chi connectivity index (χ1) is 27.6. The zero-order valence-electron chi connectivity index (χ0n) is 33.8. The molecule has 2 saturated carbocycles. The first kappa shape index (κ1) is 41.6. The van der Waals surface area contributed by atoms with Crippen LogP contribution in [0.15, 0.2) is 62.2 Å². The Hall–Kier alpha value is -4.53. The zero-order chi connectivity index (χ0) is 41.8. The van der Waals surface area contributed by atoms with E-state index in [1.165, 1.54) is 13.0 Å². The Balaban J connectivity index is 0.000000137. The molecule has 2 unspecified atom stereocenters. The van der Waals surface area contributed by atoms with Gasteiger partial charge in [-0.05, 0) is 82.4 Å². The maximum atomic E-state index is 12.6. The molecule has 5 N–H and O–H groups in total. The largest absolute Gasteiger partial charge is 0.504 e. The summed E-state index contributed by atoms with van der Waals surface area (Å²) >= 11 is 0. The van der Waals surface area contributed by atoms with Gasteiger partial charge in [-0.1, -0.05) is 36.9 Å². The molecule has 0 amide bonds. The third-order valence-corrected chi connectivity index (χ3v) is 13.7. The second kappa shape index (κ2) is 15.6. The van der Waals surface area contributed by atoms with Crippen molar-refractivity contribution in [2.24, 2.45) is 0 Å². The number of phenolic OH excluding ortho intramolecular Hbond substituents is 2. The van der Waals surface area contributed by atoms with Gasteiger partial charge >= 0.3 is 5.97 Å². The molecule has 13 nitrogen and oxygen atoms in total. The maximum Gasteiger partial charge on any atom is 0.302 e. The molecule has 8 aliphatic rings. The van der Waals surface area contributed by atoms with E-state index in [9.17, 15) is 34.8 Å². The minimum atomic E-state index is -1.00. The van der Waals surface area contributed by atoms with Crippen LogP contribution in [0.4, 0.5) is 0 Å². The van der Waals surface area contributed by atoms with E-state index in [-0.39, 0.29) is 41.1 Å². The van der Waals surface area contributed by atoms with Crippen molar-refractivity contribution < 1.29 is 49.0 Å². The van der Waals surface area contributed by atoms with Crippen molar-refractivity contribution in [2.75, 3.05) is 46.9 Å². The van der Waals surface area contributed by atoms with Gasteiger partial charge in [0.1, 0.15) is 6.61 Å². The highest BCUT2D eigenvalue weighted by Gasteiger charge is 2.74. The Morgan fingerprint density at radius 2 is 1.43 bits per heavy atom. The normalized spacial score (nSPS) is 33.5. The minimum Gasteiger partial charge on any atom is -0.504 e. The van der Waals surface area contributed by atoms with Crippen LogP contribution < -0.4 is 14.8 Å². The fraction of sp³-hybridized carbons (Fsp3) is 0.533. The highest BCUT2D eigenvalue weighted by molar-refractivity contribution is 5.91. The van der Waals surface area contributed by atoms with Gasteiger partial charge in [-0.25, -0.2) is 0 Å². The average Bonchev–Trinajstić information content (AvgIpc) is 3.73. The molecule has 4 bridgehead atoms. The van der Waals surface area contributed by atoms with Crippen molar-refractivity contribution in [3.05, 3.63) is 84.5 Å². The number of phenols is 2. The summed E-state index contributed by atoms with van der Waals surface area (Å²) in [6, 6.07) is 7.00. The fourth-order valence-electron chi connectivity index (χ4n) is 11.5. The standard InChI is InChI=1S/C19H21NO4.C16H17NO4.C5H11N.C5H8O2/c1-2-8-20-9-7-18-15-11-3-4-12(21)16(15)24-17(18)13(22)5-6-19(18,23)14(20)10-11;18-9-2-1-8-7-11-16(20)4-3-10(19)14-15(16,5-6-17-11)12(8)13(9)21-14;1-4-5-6(2)3;1-3-4-7-5(2)6/h2-4,14,17,21,23H,1,5-10H2;1-2,11,14,17-18,20H,3-7H2;4H,1,5H2,2-3H3;3H,1,4H2,2H3/t14-,17+,18+,19?;11-,14+,15+,16?;;/m11../s1. The van der Waals surface area contributed by atoms with Crippen molar-refractivity contribution in [3.63, 3.8) is 0 Å². The molecule has 58 heavy (non-hydrogen) atoms. The number of piperidine rings is 2. The van der Waals surface area contributed by atoms with E-state index in [0.29, 0.717) is 69.5 Å². The van der Waals surface area contributed by atoms with E-state index in [1.807, 2.05) is 38.4 Å². The molecule has 4 fully saturated rings. The highest BCUT2D eigenvalue weighted by Crippen LogP contribution is 2.65. The van der Waals surface area contributed by atoms with Crippen LogP contribution in [-0.4, -0.2) is 130 Å². The number of carbonyl (C=O) groups excluding carboxylic acids is 3. The Morgan fingerprint density at radius 1 is 0.862 bits per heavy atom. The molecule has 0 radical (unpaired) electrons. The number of aliphatic hydroxyl groups is 2. The molecule has 0 aromatic heterocycles. The molecule has 2 aromatic rings. The molecule has 2 spiro atoms. The Bertz CT molecular complexity index is 2020. The van der Waals surface area contributed by atoms with Gasteiger partial charge in [-0.15, -0.1) is 13.2 Å². The molecular weight excluding hydrogens is 743 g/mol. The average molecular weight is 800 g/mol. The quantitative estimate of drug-likeness (QED) is 0.213. The number of ketones is 2. The summed E-state index contributed by atoms with van der Waals surface area (Å²) in [5.41, 5.74) is 0.588. The van der Waals surface area contributed by atoms with E-state index in [0.717, 1.165) is 48.4 Å². The van der Waals surface area contributed by atoms with Gasteiger partial charge in [0.2, 0.25) is 0 Å². The number of likely N-dealkylation sites (tertiary alicyclic amines) is 1. The number of benzene rings is 2. The summed E-state index contributed by atoms with van der Waals surface area (Å²) in [6.07, 6.45) is 8.29. The van der Waals surface area contributed by atoms with Crippen LogP contribution in [0.3, 0.4) is 0 Å². The van der Waals surface area contributed by atoms with Gasteiger partial charge in [0.15, 0.2) is 46.8 Å². The number of aromatic hydroxyl groups is 2. The number of hydrogen-bond acceptors (Lipinski definition) is 13. The summed E-state index contributed by atoms with van der Waals surface area (Å²) in [5.74, 6) is 0.806. The van der Waals surface area contributed by atoms with E-state index < -0.39 is 34.2 Å². The number of rotatable bonds is 6. The third-order valence-electron chi connectivity index (χ3n) is 13.7. The van der Waals surface area contributed by atoms with Gasteiger partial charge in [0, 0.05) is 62.6 Å². The van der Waals surface area contributed by atoms with Gasteiger partial charge in [0.05, 0.1) is 22.0 Å². The summed E-state index contributed by atoms with van der Waals surface area (Å²) in [5, 5.41) is 47.1. The molecular formula is C45H57N3O10. The van der Waals surface area contributed by atoms with Crippen LogP contribution in [0.5, 0.6) is 23.0 Å². The van der Waals surface area contributed by atoms with E-state index in [4.69, 9.17) is 9.47 Å². The molecule has 4 aliphatic carbocycles. The van der Waals surface area contributed by atoms with Crippen LogP contribution >= 0.6 is 0 Å². The van der Waals surface area contributed by atoms with Gasteiger partial charge in [-0.3, -0.25) is 19.3 Å². The van der Waals surface area contributed by atoms with Crippen LogP contribution in [0.1, 0.15) is 67.7 Å². The summed E-state index contributed by atoms with van der Waals surface area (Å²) < 4.78 is 16.3. The summed E-state index contributed by atoms with van der Waals surface area (Å²) in [4.78, 5) is 39.3. The predicted octanol–water partition coefficient (Wildman–Crippen LogP) is 3.17. The third kappa shape index (κ3) is 6.11. The second-order valence-corrected chi connectivity index (χ2v) is 17.0. The number of ether oxygens (including phenoxy) is 3. The number of carbonyl (C=O) groups is 3. The molecule has 4 aliphatic heterocycles. The van der Waals surface area contributed by atoms with Crippen molar-refractivity contribution in [2.45, 2.75) is 105 Å². The topological polar surface area (TPSA) is 178 Å². The van der Waals surface area contributed by atoms with E-state index in [2.05, 4.69) is 39.6 Å². The van der Waals surface area contributed by atoms with Crippen LogP contribution in [0.25, 0.3) is 0 Å². The number of nitrogens with one attached hydrogen (secondary N) is 1. The van der Waals surface area contributed by atoms with Crippen molar-refractivity contribution >= 4 is 17.5 Å². The van der Waals surface area contributed by atoms with Gasteiger partial charge in [-0.2, -0.15) is 0 Å². The van der Waals surface area contributed by atoms with E-state index in [1.54, 1.807) is 12.1 Å². The van der Waals surface area contributed by atoms with Crippen LogP contribution in [-0.2, 0) is 42.8 Å². The number of nitrogens with zero attached hydrogens (tertiary/aromatic N) is 2. The SMILES string of the molecule is C=CCN(C)C.C=CCN1CC[C@]23c4c5ccc(O)c4O[C@H]2C(=O)CCC3(O)[C@H]1C5.C=CCOC(C)=O.O=C1CCC2(O)[C@H]3Cc4ccc(O)c5c4[C@@]2(CCN3)[C@H]1O5. The first-order valence-corrected chi connectivity index (χ1v) is 20.3. The molecule has 4 heterocycles. The van der Waals surface area contributed by atoms with Crippen molar-refractivity contribution in [3.8, 4) is 23.0 Å². The molecule has 2 saturated heterocycles. The Labute approximate surface area is 340 Å². The molecule has 312 valence electrons. The minimum absolute atomic E-state index is 0.0408. The first-order valence-electron chi connectivity index (χ1n) is 20.3. The lowest BCUT2D eigenvalue weighted by atomic mass is 9.49. The zero-order valence-corrected chi connectivity index (χ0v) is 33.8. The summed E-state index contributed by atoms with van der Waals surface area (Å²) in [7, 11) is 4.03. The highest BCUT2D eigenvalue weighted by atomic mass is 16.5. The molecule has 8 atom stereocenters. The van der Waals surface area contributed by atoms with Crippen LogP contribution in [0, 0.1) is 0 Å². The smallest absolute Gasteiger partial charge is 0.302 e. The Kier molecular flexibility index (Phi) is 11.2. The number of Topliss-reactive ketones (excluding diaryl/α,β-unsaturated/α-hetero) is 2. The molecule has 13 heteroatoms. The van der Waals surface area contributed by atoms with Gasteiger partial charge in [0.25, 0.3) is 0 Å². The predicted molar refractivity (Wildman–Crippen MR) is 216 cm³/mol. The van der Waals surface area contributed by atoms with E-state index >= 15 is 0 Å².